The van der Waals surface area contributed by atoms with Crippen LogP contribution in [0.2, 0.25) is 0 Å². The smallest absolute Gasteiger partial charge is 0.238 e. The Labute approximate surface area is 402 Å². The van der Waals surface area contributed by atoms with Crippen LogP contribution in [0.3, 0.4) is 0 Å². The van der Waals surface area contributed by atoms with Gasteiger partial charge in [0, 0.05) is 31.3 Å². The molecule has 5 nitrogen and oxygen atoms in total. The molecule has 0 aliphatic carbocycles. The van der Waals surface area contributed by atoms with Gasteiger partial charge in [0.1, 0.15) is 5.75 Å². The fraction of sp³-hybridized carbons (Fsp3) is 0.0317. The summed E-state index contributed by atoms with van der Waals surface area (Å²) in [5, 5.41) is 12.0. The number of thiophene rings is 1. The summed E-state index contributed by atoms with van der Waals surface area (Å²) in [5.74, 6) is 2.62. The molecule has 0 N–H and O–H groups in total. The molecular weight excluding hydrogens is 861 g/mol. The zero-order valence-electron chi connectivity index (χ0n) is 37.5. The first-order chi connectivity index (χ1) is 34.1. The maximum absolute atomic E-state index is 5.75. The van der Waals surface area contributed by atoms with Crippen molar-refractivity contribution in [3.8, 4) is 28.5 Å². The number of fused-ring (bicyclic) bond motifs is 12. The van der Waals surface area contributed by atoms with E-state index in [0.717, 1.165) is 50.2 Å². The molecule has 1 aliphatic heterocycles. The average molecular weight is 901 g/mol. The molecule has 0 atom stereocenters. The first kappa shape index (κ1) is 39.5. The quantitative estimate of drug-likeness (QED) is 0.156. The lowest BCUT2D eigenvalue weighted by Crippen LogP contribution is -2.38. The lowest BCUT2D eigenvalue weighted by atomic mass is 9.62. The number of benzene rings is 11. The molecule has 13 aromatic rings. The van der Waals surface area contributed by atoms with Crippen LogP contribution >= 0.6 is 11.3 Å². The van der Waals surface area contributed by atoms with Crippen molar-refractivity contribution >= 4 is 91.9 Å². The van der Waals surface area contributed by atoms with Crippen LogP contribution < -0.4 is 9.64 Å². The highest BCUT2D eigenvalue weighted by Crippen LogP contribution is 2.60. The van der Waals surface area contributed by atoms with Crippen LogP contribution in [0.5, 0.6) is 5.75 Å². The molecular formula is C63H40N4OS. The first-order valence-electron chi connectivity index (χ1n) is 23.3. The summed E-state index contributed by atoms with van der Waals surface area (Å²) in [5.41, 5.74) is 7.75. The summed E-state index contributed by atoms with van der Waals surface area (Å²) >= 11 is 1.84. The summed E-state index contributed by atoms with van der Waals surface area (Å²) in [6.45, 7) is 0. The second-order valence-corrected chi connectivity index (χ2v) is 19.0. The van der Waals surface area contributed by atoms with Gasteiger partial charge in [-0.2, -0.15) is 9.97 Å². The molecule has 0 bridgehead atoms. The zero-order chi connectivity index (χ0) is 45.6. The van der Waals surface area contributed by atoms with Crippen molar-refractivity contribution in [2.45, 2.75) is 5.41 Å². The number of hydrogen-bond acceptors (Lipinski definition) is 6. The molecule has 2 aromatic heterocycles. The van der Waals surface area contributed by atoms with E-state index in [1.54, 1.807) is 7.11 Å². The predicted molar refractivity (Wildman–Crippen MR) is 287 cm³/mol. The highest BCUT2D eigenvalue weighted by Gasteiger charge is 2.48. The lowest BCUT2D eigenvalue weighted by Gasteiger charge is -2.46. The Balaban J connectivity index is 1.15. The van der Waals surface area contributed by atoms with E-state index < -0.39 is 5.41 Å². The van der Waals surface area contributed by atoms with Crippen LogP contribution in [-0.2, 0) is 5.41 Å². The third-order valence-electron chi connectivity index (χ3n) is 14.2. The van der Waals surface area contributed by atoms with Gasteiger partial charge in [0.2, 0.25) is 5.95 Å². The van der Waals surface area contributed by atoms with Crippen molar-refractivity contribution in [3.05, 3.63) is 247 Å². The zero-order valence-corrected chi connectivity index (χ0v) is 38.3. The SMILES string of the molecule is COc1ccc2c(c1)c1ccccc1c1cc3c(cc21)sc1cc2c(cc13)C(c1ccccc1)(c1ccccc1)c1cc3ccccc3cc1N2c1nc(-c2ccccc2)nc(-c2ccccc2)n1. The maximum Gasteiger partial charge on any atom is 0.238 e. The van der Waals surface area contributed by atoms with Crippen LogP contribution in [0.4, 0.5) is 17.3 Å². The summed E-state index contributed by atoms with van der Waals surface area (Å²) in [7, 11) is 1.74. The lowest BCUT2D eigenvalue weighted by molar-refractivity contribution is 0.415. The van der Waals surface area contributed by atoms with Gasteiger partial charge in [-0.25, -0.2) is 4.98 Å². The number of aromatic nitrogens is 3. The van der Waals surface area contributed by atoms with Crippen molar-refractivity contribution in [2.24, 2.45) is 0 Å². The Hall–Kier alpha value is -8.71. The summed E-state index contributed by atoms with van der Waals surface area (Å²) in [6, 6.07) is 81.1. The van der Waals surface area contributed by atoms with E-state index in [1.807, 2.05) is 47.7 Å². The Morgan fingerprint density at radius 3 is 1.49 bits per heavy atom. The summed E-state index contributed by atoms with van der Waals surface area (Å²) < 4.78 is 8.16. The Morgan fingerprint density at radius 2 is 0.870 bits per heavy atom. The van der Waals surface area contributed by atoms with Crippen LogP contribution in [0.1, 0.15) is 22.3 Å². The number of ether oxygens (including phenoxy) is 1. The van der Waals surface area contributed by atoms with E-state index in [4.69, 9.17) is 19.7 Å². The Kier molecular flexibility index (Phi) is 8.82. The van der Waals surface area contributed by atoms with Crippen molar-refractivity contribution in [1.82, 2.24) is 15.0 Å². The standard InChI is InChI=1S/C63H40N4OS/c1-68-45-30-31-48-49(34-45)46-28-16-17-29-47(46)50-35-52-53-36-55-57(38-59(53)69-58(52)37-51(48)50)67(62-65-60(39-18-6-2-7-19-39)64-61(66-62)40-20-8-3-9-21-40)56-33-42-23-15-14-22-41(42)32-54(56)63(55,43-24-10-4-11-25-43)44-26-12-5-13-27-44/h2-38H,1H3. The second-order valence-electron chi connectivity index (χ2n) is 17.9. The van der Waals surface area contributed by atoms with Crippen molar-refractivity contribution in [3.63, 3.8) is 0 Å². The number of rotatable bonds is 6. The number of methoxy groups -OCH3 is 1. The van der Waals surface area contributed by atoms with Crippen LogP contribution in [-0.4, -0.2) is 22.1 Å². The molecule has 0 saturated carbocycles. The second kappa shape index (κ2) is 15.4. The third-order valence-corrected chi connectivity index (χ3v) is 15.3. The van der Waals surface area contributed by atoms with Gasteiger partial charge in [0.15, 0.2) is 11.6 Å². The molecule has 0 fully saturated rings. The molecule has 1 aliphatic rings. The van der Waals surface area contributed by atoms with E-state index in [0.29, 0.717) is 17.6 Å². The van der Waals surface area contributed by atoms with E-state index >= 15 is 0 Å². The molecule has 0 spiro atoms. The molecule has 6 heteroatoms. The highest BCUT2D eigenvalue weighted by molar-refractivity contribution is 7.26. The van der Waals surface area contributed by atoms with E-state index in [-0.39, 0.29) is 0 Å². The third kappa shape index (κ3) is 5.99. The normalized spacial score (nSPS) is 13.1. The van der Waals surface area contributed by atoms with Gasteiger partial charge >= 0.3 is 0 Å². The van der Waals surface area contributed by atoms with E-state index in [9.17, 15) is 0 Å². The van der Waals surface area contributed by atoms with Gasteiger partial charge < -0.3 is 4.74 Å². The molecule has 324 valence electrons. The molecule has 69 heavy (non-hydrogen) atoms. The average Bonchev–Trinajstić information content (AvgIpc) is 3.77. The number of hydrogen-bond donors (Lipinski definition) is 0. The maximum atomic E-state index is 5.75. The molecule has 14 rings (SSSR count). The number of nitrogens with zero attached hydrogens (tertiary/aromatic N) is 4. The van der Waals surface area contributed by atoms with E-state index in [1.165, 1.54) is 63.6 Å². The Morgan fingerprint density at radius 1 is 0.391 bits per heavy atom. The fourth-order valence-electron chi connectivity index (χ4n) is 11.1. The Bertz CT molecular complexity index is 4080. The molecule has 0 unspecified atom stereocenters. The minimum absolute atomic E-state index is 0.551. The van der Waals surface area contributed by atoms with E-state index in [2.05, 4.69) is 193 Å². The van der Waals surface area contributed by atoms with Gasteiger partial charge in [-0.3, -0.25) is 4.90 Å². The number of anilines is 3. The largest absolute Gasteiger partial charge is 0.497 e. The monoisotopic (exact) mass is 900 g/mol. The fourth-order valence-corrected chi connectivity index (χ4v) is 12.3. The molecule has 0 radical (unpaired) electrons. The van der Waals surface area contributed by atoms with Crippen LogP contribution in [0.15, 0.2) is 224 Å². The minimum atomic E-state index is -0.757. The summed E-state index contributed by atoms with van der Waals surface area (Å²) in [6.07, 6.45) is 0. The van der Waals surface area contributed by atoms with Gasteiger partial charge in [-0.05, 0) is 114 Å². The van der Waals surface area contributed by atoms with Gasteiger partial charge in [-0.1, -0.05) is 176 Å². The van der Waals surface area contributed by atoms with Gasteiger partial charge in [-0.15, -0.1) is 11.3 Å². The predicted octanol–water partition coefficient (Wildman–Crippen LogP) is 16.4. The topological polar surface area (TPSA) is 51.1 Å². The highest BCUT2D eigenvalue weighted by atomic mass is 32.1. The summed E-state index contributed by atoms with van der Waals surface area (Å²) in [4.78, 5) is 18.4. The molecule has 11 aromatic carbocycles. The molecule has 3 heterocycles. The van der Waals surface area contributed by atoms with Crippen molar-refractivity contribution in [1.29, 1.82) is 0 Å². The minimum Gasteiger partial charge on any atom is -0.497 e. The van der Waals surface area contributed by atoms with Crippen molar-refractivity contribution in [2.75, 3.05) is 12.0 Å². The van der Waals surface area contributed by atoms with Gasteiger partial charge in [0.25, 0.3) is 0 Å². The van der Waals surface area contributed by atoms with Gasteiger partial charge in [0.05, 0.1) is 23.9 Å². The molecule has 0 amide bonds. The van der Waals surface area contributed by atoms with Crippen LogP contribution in [0, 0.1) is 0 Å². The molecule has 0 saturated heterocycles. The van der Waals surface area contributed by atoms with Crippen molar-refractivity contribution < 1.29 is 4.74 Å². The van der Waals surface area contributed by atoms with Crippen LogP contribution in [0.25, 0.3) is 86.0 Å². The first-order valence-corrected chi connectivity index (χ1v) is 24.1.